The van der Waals surface area contributed by atoms with Crippen LogP contribution in [0.25, 0.3) is 11.2 Å². The van der Waals surface area contributed by atoms with E-state index in [0.717, 1.165) is 25.8 Å². The number of aromatic nitrogens is 4. The molecule has 2 aromatic heterocycles. The van der Waals surface area contributed by atoms with Crippen LogP contribution in [0.2, 0.25) is 0 Å². The van der Waals surface area contributed by atoms with Crippen molar-refractivity contribution in [2.45, 2.75) is 45.7 Å². The Kier molecular flexibility index (Phi) is 4.35. The van der Waals surface area contributed by atoms with Gasteiger partial charge in [0.2, 0.25) is 5.95 Å². The summed E-state index contributed by atoms with van der Waals surface area (Å²) in [5, 5.41) is 0. The number of fused-ring (bicyclic) bond motifs is 1. The van der Waals surface area contributed by atoms with Crippen LogP contribution in [-0.2, 0) is 6.54 Å². The Bertz CT molecular complexity index is 848. The van der Waals surface area contributed by atoms with E-state index in [0.29, 0.717) is 35.1 Å². The SMILES string of the molecule is CC(C)CCn1c(N2CCCC(N)C2)nc2[nH]c(=O)n(N)c(=O)c21. The van der Waals surface area contributed by atoms with Crippen LogP contribution in [0, 0.1) is 5.92 Å². The number of aryl methyl sites for hydroxylation is 1. The van der Waals surface area contributed by atoms with E-state index in [2.05, 4.69) is 28.7 Å². The molecule has 5 N–H and O–H groups in total. The van der Waals surface area contributed by atoms with Crippen LogP contribution in [0.1, 0.15) is 33.1 Å². The molecule has 132 valence electrons. The van der Waals surface area contributed by atoms with Crippen molar-refractivity contribution in [2.24, 2.45) is 11.7 Å². The number of hydrogen-bond donors (Lipinski definition) is 3. The van der Waals surface area contributed by atoms with Gasteiger partial charge in [0, 0.05) is 25.7 Å². The van der Waals surface area contributed by atoms with Crippen LogP contribution in [0.15, 0.2) is 9.59 Å². The van der Waals surface area contributed by atoms with Gasteiger partial charge < -0.3 is 21.0 Å². The summed E-state index contributed by atoms with van der Waals surface area (Å²) in [4.78, 5) is 33.5. The fourth-order valence-corrected chi connectivity index (χ4v) is 3.15. The molecule has 1 unspecified atom stereocenters. The van der Waals surface area contributed by atoms with E-state index in [1.807, 2.05) is 4.57 Å². The summed E-state index contributed by atoms with van der Waals surface area (Å²) in [6.07, 6.45) is 2.85. The third kappa shape index (κ3) is 2.91. The van der Waals surface area contributed by atoms with Gasteiger partial charge in [0.1, 0.15) is 0 Å². The summed E-state index contributed by atoms with van der Waals surface area (Å²) in [6.45, 7) is 6.40. The Morgan fingerprint density at radius 3 is 2.79 bits per heavy atom. The molecule has 1 fully saturated rings. The topological polar surface area (TPSA) is 128 Å². The number of piperidine rings is 1. The Morgan fingerprint density at radius 1 is 1.38 bits per heavy atom. The molecule has 0 aliphatic carbocycles. The third-order valence-electron chi connectivity index (χ3n) is 4.48. The van der Waals surface area contributed by atoms with E-state index in [4.69, 9.17) is 11.6 Å². The molecule has 1 aliphatic rings. The smallest absolute Gasteiger partial charge is 0.341 e. The highest BCUT2D eigenvalue weighted by molar-refractivity contribution is 5.73. The maximum Gasteiger partial charge on any atom is 0.348 e. The highest BCUT2D eigenvalue weighted by atomic mass is 16.2. The second kappa shape index (κ2) is 6.31. The number of imidazole rings is 1. The molecular formula is C15H25N7O2. The molecule has 0 spiro atoms. The summed E-state index contributed by atoms with van der Waals surface area (Å²) in [5.74, 6) is 6.72. The van der Waals surface area contributed by atoms with Gasteiger partial charge in [-0.25, -0.2) is 4.79 Å². The monoisotopic (exact) mass is 335 g/mol. The molecule has 0 saturated carbocycles. The van der Waals surface area contributed by atoms with Crippen molar-refractivity contribution in [1.82, 2.24) is 19.2 Å². The van der Waals surface area contributed by atoms with Crippen molar-refractivity contribution in [3.63, 3.8) is 0 Å². The van der Waals surface area contributed by atoms with E-state index in [1.165, 1.54) is 0 Å². The predicted octanol–water partition coefficient (Wildman–Crippen LogP) is -0.426. The molecule has 0 bridgehead atoms. The maximum atomic E-state index is 12.5. The predicted molar refractivity (Wildman–Crippen MR) is 93.6 cm³/mol. The van der Waals surface area contributed by atoms with E-state index < -0.39 is 11.2 Å². The molecule has 3 rings (SSSR count). The molecular weight excluding hydrogens is 310 g/mol. The van der Waals surface area contributed by atoms with E-state index in [9.17, 15) is 9.59 Å². The van der Waals surface area contributed by atoms with Crippen LogP contribution in [0.3, 0.4) is 0 Å². The first-order chi connectivity index (χ1) is 11.4. The van der Waals surface area contributed by atoms with Gasteiger partial charge in [-0.2, -0.15) is 9.66 Å². The molecule has 0 amide bonds. The molecule has 1 aliphatic heterocycles. The minimum absolute atomic E-state index is 0.0855. The lowest BCUT2D eigenvalue weighted by Gasteiger charge is -2.32. The van der Waals surface area contributed by atoms with Crippen LogP contribution >= 0.6 is 0 Å². The van der Waals surface area contributed by atoms with Crippen molar-refractivity contribution in [3.8, 4) is 0 Å². The van der Waals surface area contributed by atoms with Crippen LogP contribution < -0.4 is 27.7 Å². The van der Waals surface area contributed by atoms with Gasteiger partial charge in [0.05, 0.1) is 0 Å². The fourth-order valence-electron chi connectivity index (χ4n) is 3.15. The van der Waals surface area contributed by atoms with Gasteiger partial charge in [-0.3, -0.25) is 9.78 Å². The van der Waals surface area contributed by atoms with Crippen LogP contribution in [0.4, 0.5) is 5.95 Å². The first-order valence-electron chi connectivity index (χ1n) is 8.39. The number of hydrogen-bond acceptors (Lipinski definition) is 6. The average molecular weight is 335 g/mol. The number of nitrogens with one attached hydrogen (secondary N) is 1. The van der Waals surface area contributed by atoms with Crippen molar-refractivity contribution in [3.05, 3.63) is 20.8 Å². The highest BCUT2D eigenvalue weighted by Crippen LogP contribution is 2.23. The molecule has 2 aromatic rings. The molecule has 0 aromatic carbocycles. The van der Waals surface area contributed by atoms with Gasteiger partial charge in [0.25, 0.3) is 0 Å². The largest absolute Gasteiger partial charge is 0.348 e. The molecule has 9 nitrogen and oxygen atoms in total. The molecule has 3 heterocycles. The Balaban J connectivity index is 2.16. The number of rotatable bonds is 4. The average Bonchev–Trinajstić information content (AvgIpc) is 2.89. The second-order valence-corrected chi connectivity index (χ2v) is 6.90. The number of nitrogens with two attached hydrogens (primary N) is 2. The normalized spacial score (nSPS) is 18.7. The van der Waals surface area contributed by atoms with E-state index >= 15 is 0 Å². The Morgan fingerprint density at radius 2 is 2.12 bits per heavy atom. The molecule has 9 heteroatoms. The van der Waals surface area contributed by atoms with Gasteiger partial charge in [-0.05, 0) is 25.2 Å². The van der Waals surface area contributed by atoms with Crippen molar-refractivity contribution >= 4 is 17.1 Å². The second-order valence-electron chi connectivity index (χ2n) is 6.90. The quantitative estimate of drug-likeness (QED) is 0.651. The lowest BCUT2D eigenvalue weighted by atomic mass is 10.1. The first kappa shape index (κ1) is 16.6. The number of nitrogens with zero attached hydrogens (tertiary/aromatic N) is 4. The number of nitrogen functional groups attached to an aromatic ring is 1. The summed E-state index contributed by atoms with van der Waals surface area (Å²) in [7, 11) is 0. The summed E-state index contributed by atoms with van der Waals surface area (Å²) < 4.78 is 2.47. The zero-order valence-electron chi connectivity index (χ0n) is 14.2. The molecule has 24 heavy (non-hydrogen) atoms. The van der Waals surface area contributed by atoms with E-state index in [-0.39, 0.29) is 11.7 Å². The molecule has 1 saturated heterocycles. The van der Waals surface area contributed by atoms with Crippen LogP contribution in [-0.4, -0.2) is 38.3 Å². The minimum Gasteiger partial charge on any atom is -0.341 e. The lowest BCUT2D eigenvalue weighted by molar-refractivity contribution is 0.480. The molecule has 0 radical (unpaired) electrons. The van der Waals surface area contributed by atoms with Gasteiger partial charge in [0.15, 0.2) is 11.2 Å². The number of aromatic amines is 1. The van der Waals surface area contributed by atoms with Gasteiger partial charge >= 0.3 is 11.2 Å². The summed E-state index contributed by atoms with van der Waals surface area (Å²) in [6, 6.07) is 0.0855. The molecule has 1 atom stereocenters. The lowest BCUT2D eigenvalue weighted by Crippen LogP contribution is -2.44. The highest BCUT2D eigenvalue weighted by Gasteiger charge is 2.24. The van der Waals surface area contributed by atoms with Gasteiger partial charge in [-0.1, -0.05) is 13.8 Å². The summed E-state index contributed by atoms with van der Waals surface area (Å²) >= 11 is 0. The zero-order valence-corrected chi connectivity index (χ0v) is 14.2. The van der Waals surface area contributed by atoms with E-state index in [1.54, 1.807) is 0 Å². The number of anilines is 1. The summed E-state index contributed by atoms with van der Waals surface area (Å²) in [5.41, 5.74) is 5.51. The zero-order chi connectivity index (χ0) is 17.4. The van der Waals surface area contributed by atoms with Crippen molar-refractivity contribution < 1.29 is 0 Å². The third-order valence-corrected chi connectivity index (χ3v) is 4.48. The van der Waals surface area contributed by atoms with Crippen molar-refractivity contribution in [1.29, 1.82) is 0 Å². The Labute approximate surface area is 139 Å². The Hall–Kier alpha value is -2.29. The number of H-pyrrole nitrogens is 1. The van der Waals surface area contributed by atoms with Gasteiger partial charge in [-0.15, -0.1) is 0 Å². The maximum absolute atomic E-state index is 12.5. The minimum atomic E-state index is -0.664. The standard InChI is InChI=1S/C15H25N7O2/c1-9(2)5-7-21-11-12(19-15(24)22(17)13(11)23)18-14(21)20-6-3-4-10(16)8-20/h9-10H,3-8,16-17H2,1-2H3,(H,19,24). The fraction of sp³-hybridized carbons (Fsp3) is 0.667. The van der Waals surface area contributed by atoms with Crippen molar-refractivity contribution in [2.75, 3.05) is 23.8 Å². The first-order valence-corrected chi connectivity index (χ1v) is 8.39. The van der Waals surface area contributed by atoms with Crippen LogP contribution in [0.5, 0.6) is 0 Å².